The van der Waals surface area contributed by atoms with E-state index in [9.17, 15) is 0 Å². The van der Waals surface area contributed by atoms with Gasteiger partial charge in [0, 0.05) is 10.6 Å². The van der Waals surface area contributed by atoms with Crippen LogP contribution in [0.1, 0.15) is 16.7 Å². The highest BCUT2D eigenvalue weighted by atomic mass is 32.2. The number of aromatic amines is 1. The molecule has 20 heavy (non-hydrogen) atoms. The van der Waals surface area contributed by atoms with Crippen LogP contribution in [0.2, 0.25) is 0 Å². The zero-order chi connectivity index (χ0) is 14.3. The van der Waals surface area contributed by atoms with Crippen LogP contribution < -0.4 is 5.73 Å². The molecular formula is C16H17N3S. The molecule has 1 heterocycles. The molecule has 0 aliphatic carbocycles. The zero-order valence-corrected chi connectivity index (χ0v) is 12.6. The number of hydrogen-bond donors (Lipinski definition) is 2. The third-order valence-electron chi connectivity index (χ3n) is 3.61. The van der Waals surface area contributed by atoms with Gasteiger partial charge in [0.05, 0.1) is 11.0 Å². The Morgan fingerprint density at radius 1 is 1.10 bits per heavy atom. The van der Waals surface area contributed by atoms with E-state index < -0.39 is 0 Å². The van der Waals surface area contributed by atoms with Gasteiger partial charge in [-0.15, -0.1) is 0 Å². The quantitative estimate of drug-likeness (QED) is 0.692. The lowest BCUT2D eigenvalue weighted by Gasteiger charge is -2.05. The number of benzene rings is 2. The number of hydrogen-bond acceptors (Lipinski definition) is 3. The fourth-order valence-corrected chi connectivity index (χ4v) is 3.07. The standard InChI is InChI=1S/C16H17N3S/c1-9-7-13-14(8-10(9)2)19-16(18-13)20-15-6-4-5-12(17)11(15)3/h4-8H,17H2,1-3H3,(H,18,19). The molecular weight excluding hydrogens is 266 g/mol. The van der Waals surface area contributed by atoms with Crippen LogP contribution >= 0.6 is 11.8 Å². The molecule has 102 valence electrons. The number of nitrogens with zero attached hydrogens (tertiary/aromatic N) is 1. The molecule has 3 rings (SSSR count). The third-order valence-corrected chi connectivity index (χ3v) is 4.66. The zero-order valence-electron chi connectivity index (χ0n) is 11.8. The van der Waals surface area contributed by atoms with Gasteiger partial charge in [-0.1, -0.05) is 17.8 Å². The van der Waals surface area contributed by atoms with Crippen molar-refractivity contribution in [3.8, 4) is 0 Å². The molecule has 0 atom stereocenters. The van der Waals surface area contributed by atoms with Crippen LogP contribution in [0.5, 0.6) is 0 Å². The molecule has 4 heteroatoms. The largest absolute Gasteiger partial charge is 0.398 e. The maximum atomic E-state index is 5.95. The normalized spacial score (nSPS) is 11.2. The SMILES string of the molecule is Cc1cc2nc(Sc3cccc(N)c3C)[nH]c2cc1C. The summed E-state index contributed by atoms with van der Waals surface area (Å²) in [5.41, 5.74) is 12.5. The Morgan fingerprint density at radius 2 is 1.85 bits per heavy atom. The van der Waals surface area contributed by atoms with Crippen LogP contribution in [0.3, 0.4) is 0 Å². The predicted octanol–water partition coefficient (Wildman–Crippen LogP) is 4.22. The summed E-state index contributed by atoms with van der Waals surface area (Å²) in [6.07, 6.45) is 0. The van der Waals surface area contributed by atoms with Crippen LogP contribution in [0, 0.1) is 20.8 Å². The Labute approximate surface area is 122 Å². The fraction of sp³-hybridized carbons (Fsp3) is 0.188. The third kappa shape index (κ3) is 2.27. The van der Waals surface area contributed by atoms with E-state index >= 15 is 0 Å². The average Bonchev–Trinajstić information content (AvgIpc) is 2.77. The number of rotatable bonds is 2. The van der Waals surface area contributed by atoms with Crippen molar-refractivity contribution in [2.24, 2.45) is 0 Å². The van der Waals surface area contributed by atoms with E-state index in [1.807, 2.05) is 19.1 Å². The van der Waals surface area contributed by atoms with Crippen LogP contribution in [0.15, 0.2) is 40.4 Å². The molecule has 0 saturated heterocycles. The number of aryl methyl sites for hydroxylation is 2. The Bertz CT molecular complexity index is 751. The second kappa shape index (κ2) is 4.87. The van der Waals surface area contributed by atoms with Crippen LogP contribution in [0.25, 0.3) is 11.0 Å². The molecule has 0 radical (unpaired) electrons. The van der Waals surface area contributed by atoms with Crippen molar-refractivity contribution in [3.05, 3.63) is 47.0 Å². The number of nitrogens with two attached hydrogens (primary N) is 1. The van der Waals surface area contributed by atoms with E-state index in [4.69, 9.17) is 5.73 Å². The van der Waals surface area contributed by atoms with Gasteiger partial charge in [0.15, 0.2) is 5.16 Å². The van der Waals surface area contributed by atoms with Crippen LogP contribution in [0.4, 0.5) is 5.69 Å². The minimum absolute atomic E-state index is 0.817. The fourth-order valence-electron chi connectivity index (χ4n) is 2.14. The molecule has 0 spiro atoms. The number of aromatic nitrogens is 2. The van der Waals surface area contributed by atoms with E-state index in [1.165, 1.54) is 11.1 Å². The smallest absolute Gasteiger partial charge is 0.171 e. The lowest BCUT2D eigenvalue weighted by molar-refractivity contribution is 1.08. The molecule has 0 fully saturated rings. The minimum atomic E-state index is 0.817. The van der Waals surface area contributed by atoms with Gasteiger partial charge < -0.3 is 10.7 Å². The Balaban J connectivity index is 2.01. The van der Waals surface area contributed by atoms with Crippen molar-refractivity contribution in [1.82, 2.24) is 9.97 Å². The van der Waals surface area contributed by atoms with E-state index in [1.54, 1.807) is 11.8 Å². The van der Waals surface area contributed by atoms with Crippen molar-refractivity contribution in [1.29, 1.82) is 0 Å². The molecule has 3 aromatic rings. The summed E-state index contributed by atoms with van der Waals surface area (Å²) >= 11 is 1.62. The highest BCUT2D eigenvalue weighted by molar-refractivity contribution is 7.99. The summed E-state index contributed by atoms with van der Waals surface area (Å²) in [5, 5.41) is 0.902. The summed E-state index contributed by atoms with van der Waals surface area (Å²) in [6.45, 7) is 6.26. The lowest BCUT2D eigenvalue weighted by atomic mass is 10.1. The van der Waals surface area contributed by atoms with Crippen LogP contribution in [-0.4, -0.2) is 9.97 Å². The highest BCUT2D eigenvalue weighted by Gasteiger charge is 2.08. The van der Waals surface area contributed by atoms with Crippen molar-refractivity contribution < 1.29 is 0 Å². The molecule has 0 saturated carbocycles. The summed E-state index contributed by atoms with van der Waals surface area (Å²) in [4.78, 5) is 9.15. The van der Waals surface area contributed by atoms with Gasteiger partial charge in [-0.2, -0.15) is 0 Å². The Morgan fingerprint density at radius 3 is 2.65 bits per heavy atom. The molecule has 0 aliphatic heterocycles. The minimum Gasteiger partial charge on any atom is -0.398 e. The topological polar surface area (TPSA) is 54.7 Å². The first kappa shape index (κ1) is 13.1. The monoisotopic (exact) mass is 283 g/mol. The summed E-state index contributed by atoms with van der Waals surface area (Å²) in [6, 6.07) is 10.2. The maximum Gasteiger partial charge on any atom is 0.171 e. The summed E-state index contributed by atoms with van der Waals surface area (Å²) < 4.78 is 0. The van der Waals surface area contributed by atoms with Crippen molar-refractivity contribution >= 4 is 28.5 Å². The first-order valence-corrected chi connectivity index (χ1v) is 7.36. The predicted molar refractivity (Wildman–Crippen MR) is 85.3 cm³/mol. The van der Waals surface area contributed by atoms with Gasteiger partial charge in [-0.05, 0) is 61.7 Å². The van der Waals surface area contributed by atoms with Crippen molar-refractivity contribution in [2.45, 2.75) is 30.8 Å². The first-order valence-electron chi connectivity index (χ1n) is 6.54. The second-order valence-electron chi connectivity index (χ2n) is 5.07. The van der Waals surface area contributed by atoms with Crippen LogP contribution in [-0.2, 0) is 0 Å². The number of fused-ring (bicyclic) bond motifs is 1. The first-order chi connectivity index (χ1) is 9.54. The Hall–Kier alpha value is -1.94. The molecule has 0 amide bonds. The van der Waals surface area contributed by atoms with Gasteiger partial charge in [0.1, 0.15) is 0 Å². The molecule has 0 aliphatic rings. The van der Waals surface area contributed by atoms with Gasteiger partial charge in [-0.25, -0.2) is 4.98 Å². The lowest BCUT2D eigenvalue weighted by Crippen LogP contribution is -1.90. The van der Waals surface area contributed by atoms with Gasteiger partial charge in [0.2, 0.25) is 0 Å². The van der Waals surface area contributed by atoms with E-state index in [-0.39, 0.29) is 0 Å². The van der Waals surface area contributed by atoms with Gasteiger partial charge >= 0.3 is 0 Å². The maximum absolute atomic E-state index is 5.95. The number of H-pyrrole nitrogens is 1. The summed E-state index contributed by atoms with van der Waals surface area (Å²) in [7, 11) is 0. The van der Waals surface area contributed by atoms with E-state index in [0.29, 0.717) is 0 Å². The number of nitrogens with one attached hydrogen (secondary N) is 1. The highest BCUT2D eigenvalue weighted by Crippen LogP contribution is 2.32. The second-order valence-corrected chi connectivity index (χ2v) is 6.10. The molecule has 3 N–H and O–H groups in total. The van der Waals surface area contributed by atoms with Crippen molar-refractivity contribution in [2.75, 3.05) is 5.73 Å². The van der Waals surface area contributed by atoms with Crippen molar-refractivity contribution in [3.63, 3.8) is 0 Å². The number of anilines is 1. The average molecular weight is 283 g/mol. The molecule has 0 bridgehead atoms. The number of nitrogen functional groups attached to an aromatic ring is 1. The molecule has 2 aromatic carbocycles. The Kier molecular flexibility index (Phi) is 3.18. The molecule has 0 unspecified atom stereocenters. The molecule has 1 aromatic heterocycles. The van der Waals surface area contributed by atoms with E-state index in [0.717, 1.165) is 32.3 Å². The van der Waals surface area contributed by atoms with Gasteiger partial charge in [-0.3, -0.25) is 0 Å². The summed E-state index contributed by atoms with van der Waals surface area (Å²) in [5.74, 6) is 0. The van der Waals surface area contributed by atoms with E-state index in [2.05, 4.69) is 42.0 Å². The number of imidazole rings is 1. The molecule has 3 nitrogen and oxygen atoms in total. The van der Waals surface area contributed by atoms with Gasteiger partial charge in [0.25, 0.3) is 0 Å².